The van der Waals surface area contributed by atoms with Gasteiger partial charge in [-0.1, -0.05) is 12.1 Å². The van der Waals surface area contributed by atoms with E-state index in [1.165, 1.54) is 12.1 Å². The van der Waals surface area contributed by atoms with E-state index in [2.05, 4.69) is 34.4 Å². The van der Waals surface area contributed by atoms with Gasteiger partial charge in [-0.15, -0.1) is 0 Å². The normalized spacial score (nSPS) is 18.0. The van der Waals surface area contributed by atoms with Gasteiger partial charge in [-0.25, -0.2) is 0 Å². The lowest BCUT2D eigenvalue weighted by atomic mass is 9.89. The third kappa shape index (κ3) is 7.09. The van der Waals surface area contributed by atoms with Crippen LogP contribution in [0.25, 0.3) is 0 Å². The van der Waals surface area contributed by atoms with Crippen LogP contribution in [-0.2, 0) is 4.74 Å². The first kappa shape index (κ1) is 23.3. The molecule has 0 aliphatic carbocycles. The average molecular weight is 414 g/mol. The van der Waals surface area contributed by atoms with Crippen LogP contribution in [0.1, 0.15) is 31.4 Å². The first-order chi connectivity index (χ1) is 13.9. The summed E-state index contributed by atoms with van der Waals surface area (Å²) in [5.41, 5.74) is 0.559. The van der Waals surface area contributed by atoms with Crippen molar-refractivity contribution in [3.8, 4) is 5.75 Å². The van der Waals surface area contributed by atoms with Crippen LogP contribution >= 0.6 is 0 Å². The molecule has 1 aliphatic rings. The van der Waals surface area contributed by atoms with Crippen molar-refractivity contribution in [3.05, 3.63) is 29.8 Å². The van der Waals surface area contributed by atoms with E-state index in [9.17, 15) is 13.9 Å². The molecule has 0 aromatic heterocycles. The fourth-order valence-corrected chi connectivity index (χ4v) is 3.25. The van der Waals surface area contributed by atoms with Gasteiger partial charge in [-0.3, -0.25) is 4.99 Å². The lowest BCUT2D eigenvalue weighted by Crippen LogP contribution is -2.52. The number of rotatable bonds is 9. The number of aliphatic imine (C=N–C) groups is 1. The van der Waals surface area contributed by atoms with Crippen molar-refractivity contribution in [2.24, 2.45) is 4.99 Å². The molecule has 1 atom stereocenters. The number of guanidine groups is 1. The molecule has 1 unspecified atom stereocenters. The van der Waals surface area contributed by atoms with E-state index in [0.717, 1.165) is 26.1 Å². The van der Waals surface area contributed by atoms with E-state index in [0.29, 0.717) is 24.6 Å². The third-order valence-electron chi connectivity index (χ3n) is 5.20. The second-order valence-electron chi connectivity index (χ2n) is 7.27. The molecule has 0 radical (unpaired) electrons. The first-order valence-electron chi connectivity index (χ1n) is 9.86. The van der Waals surface area contributed by atoms with Gasteiger partial charge in [0.15, 0.2) is 5.96 Å². The smallest absolute Gasteiger partial charge is 0.387 e. The molecule has 0 bridgehead atoms. The molecule has 164 valence electrons. The summed E-state index contributed by atoms with van der Waals surface area (Å²) in [6.07, 6.45) is 1.02. The molecule has 1 heterocycles. The topological polar surface area (TPSA) is 78.4 Å². The minimum Gasteiger partial charge on any atom is -0.435 e. The van der Waals surface area contributed by atoms with Crippen molar-refractivity contribution in [2.75, 3.05) is 46.9 Å². The van der Waals surface area contributed by atoms with Gasteiger partial charge in [0.05, 0.1) is 12.6 Å². The minimum atomic E-state index is -2.87. The van der Waals surface area contributed by atoms with Gasteiger partial charge >= 0.3 is 6.61 Å². The Labute approximate surface area is 171 Å². The van der Waals surface area contributed by atoms with Crippen LogP contribution in [0.2, 0.25) is 0 Å². The first-order valence-corrected chi connectivity index (χ1v) is 9.86. The molecule has 0 spiro atoms. The standard InChI is InChI=1S/C20H32F2N4O3/c1-4-23-19(25-14-20(26(2)3)9-11-28-12-10-20)24-13-17(27)15-5-7-16(8-6-15)29-18(21)22/h5-8,17-18,27H,4,9-14H2,1-3H3,(H2,23,24,25). The molecule has 0 amide bonds. The summed E-state index contributed by atoms with van der Waals surface area (Å²) in [5.74, 6) is 0.682. The van der Waals surface area contributed by atoms with Crippen molar-refractivity contribution >= 4 is 5.96 Å². The molecule has 1 saturated heterocycles. The Kier molecular flexibility index (Phi) is 9.06. The highest BCUT2D eigenvalue weighted by Crippen LogP contribution is 2.26. The largest absolute Gasteiger partial charge is 0.435 e. The number of aliphatic hydroxyl groups is 1. The summed E-state index contributed by atoms with van der Waals surface area (Å²) in [6.45, 7) is 2.11. The number of nitrogens with zero attached hydrogens (tertiary/aromatic N) is 2. The molecule has 1 fully saturated rings. The summed E-state index contributed by atoms with van der Waals surface area (Å²) in [6, 6.07) is 5.96. The second-order valence-corrected chi connectivity index (χ2v) is 7.27. The maximum Gasteiger partial charge on any atom is 0.387 e. The number of halogens is 2. The van der Waals surface area contributed by atoms with E-state index in [1.54, 1.807) is 12.1 Å². The summed E-state index contributed by atoms with van der Waals surface area (Å²) >= 11 is 0. The number of nitrogens with one attached hydrogen (secondary N) is 2. The van der Waals surface area contributed by atoms with Crippen LogP contribution in [0, 0.1) is 0 Å². The number of likely N-dealkylation sites (N-methyl/N-ethyl adjacent to an activating group) is 1. The Morgan fingerprint density at radius 2 is 1.90 bits per heavy atom. The Hall–Kier alpha value is -1.97. The predicted molar refractivity (Wildman–Crippen MR) is 108 cm³/mol. The zero-order valence-corrected chi connectivity index (χ0v) is 17.3. The predicted octanol–water partition coefficient (Wildman–Crippen LogP) is 1.99. The van der Waals surface area contributed by atoms with Gasteiger partial charge in [0.1, 0.15) is 5.75 Å². The fourth-order valence-electron chi connectivity index (χ4n) is 3.25. The van der Waals surface area contributed by atoms with Crippen molar-refractivity contribution in [3.63, 3.8) is 0 Å². The Bertz CT molecular complexity index is 635. The maximum absolute atomic E-state index is 12.2. The van der Waals surface area contributed by atoms with Crippen LogP contribution in [-0.4, -0.2) is 75.1 Å². The summed E-state index contributed by atoms with van der Waals surface area (Å²) < 4.78 is 34.3. The van der Waals surface area contributed by atoms with E-state index >= 15 is 0 Å². The molecular weight excluding hydrogens is 382 g/mol. The molecule has 2 rings (SSSR count). The van der Waals surface area contributed by atoms with Crippen molar-refractivity contribution in [1.82, 2.24) is 15.5 Å². The van der Waals surface area contributed by atoms with Gasteiger partial charge in [-0.2, -0.15) is 8.78 Å². The van der Waals surface area contributed by atoms with Gasteiger partial charge in [0.25, 0.3) is 0 Å². The summed E-state index contributed by atoms with van der Waals surface area (Å²) in [4.78, 5) is 6.93. The summed E-state index contributed by atoms with van der Waals surface area (Å²) in [5, 5.41) is 16.7. The van der Waals surface area contributed by atoms with Crippen LogP contribution in [0.4, 0.5) is 8.78 Å². The number of benzene rings is 1. The zero-order valence-electron chi connectivity index (χ0n) is 17.3. The third-order valence-corrected chi connectivity index (χ3v) is 5.20. The quantitative estimate of drug-likeness (QED) is 0.424. The Balaban J connectivity index is 1.96. The lowest BCUT2D eigenvalue weighted by molar-refractivity contribution is -0.0498. The van der Waals surface area contributed by atoms with E-state index < -0.39 is 12.7 Å². The second kappa shape index (κ2) is 11.3. The average Bonchev–Trinajstić information content (AvgIpc) is 2.70. The van der Waals surface area contributed by atoms with Gasteiger partial charge in [-0.05, 0) is 51.6 Å². The monoisotopic (exact) mass is 414 g/mol. The van der Waals surface area contributed by atoms with E-state index in [-0.39, 0.29) is 17.8 Å². The Morgan fingerprint density at radius 1 is 1.24 bits per heavy atom. The minimum absolute atomic E-state index is 0.0419. The van der Waals surface area contributed by atoms with Crippen LogP contribution < -0.4 is 15.4 Å². The lowest BCUT2D eigenvalue weighted by Gasteiger charge is -2.41. The molecule has 29 heavy (non-hydrogen) atoms. The molecule has 1 aliphatic heterocycles. The van der Waals surface area contributed by atoms with Crippen molar-refractivity contribution in [2.45, 2.75) is 38.0 Å². The SMILES string of the molecule is CCNC(=NCC1(N(C)C)CCOCC1)NCC(O)c1ccc(OC(F)F)cc1. The molecule has 9 heteroatoms. The number of ether oxygens (including phenoxy) is 2. The fraction of sp³-hybridized carbons (Fsp3) is 0.650. The number of aliphatic hydroxyl groups excluding tert-OH is 1. The van der Waals surface area contributed by atoms with Gasteiger partial charge in [0, 0.05) is 31.8 Å². The highest BCUT2D eigenvalue weighted by Gasteiger charge is 2.34. The number of hydrogen-bond acceptors (Lipinski definition) is 5. The molecule has 0 saturated carbocycles. The van der Waals surface area contributed by atoms with Crippen molar-refractivity contribution < 1.29 is 23.4 Å². The number of hydrogen-bond donors (Lipinski definition) is 3. The highest BCUT2D eigenvalue weighted by atomic mass is 19.3. The molecule has 1 aromatic carbocycles. The van der Waals surface area contributed by atoms with Gasteiger partial charge < -0.3 is 30.1 Å². The highest BCUT2D eigenvalue weighted by molar-refractivity contribution is 5.79. The molecule has 7 nitrogen and oxygen atoms in total. The zero-order chi connectivity index (χ0) is 21.3. The Morgan fingerprint density at radius 3 is 2.45 bits per heavy atom. The molecular formula is C20H32F2N4O3. The molecule has 1 aromatic rings. The van der Waals surface area contributed by atoms with Gasteiger partial charge in [0.2, 0.25) is 0 Å². The van der Waals surface area contributed by atoms with E-state index in [4.69, 9.17) is 9.73 Å². The molecule has 3 N–H and O–H groups in total. The van der Waals surface area contributed by atoms with Crippen LogP contribution in [0.3, 0.4) is 0 Å². The van der Waals surface area contributed by atoms with E-state index in [1.807, 2.05) is 6.92 Å². The van der Waals surface area contributed by atoms with Crippen LogP contribution in [0.5, 0.6) is 5.75 Å². The van der Waals surface area contributed by atoms with Crippen LogP contribution in [0.15, 0.2) is 29.3 Å². The number of alkyl halides is 2. The van der Waals surface area contributed by atoms with Crippen molar-refractivity contribution in [1.29, 1.82) is 0 Å². The summed E-state index contributed by atoms with van der Waals surface area (Å²) in [7, 11) is 4.12. The maximum atomic E-state index is 12.2.